The summed E-state index contributed by atoms with van der Waals surface area (Å²) in [7, 11) is -5.64. The van der Waals surface area contributed by atoms with Crippen LogP contribution in [0.3, 0.4) is 0 Å². The van der Waals surface area contributed by atoms with Crippen LogP contribution in [0.1, 0.15) is 6.92 Å². The molecule has 2 unspecified atom stereocenters. The molecule has 0 saturated carbocycles. The van der Waals surface area contributed by atoms with Crippen LogP contribution in [0, 0.1) is 0 Å². The van der Waals surface area contributed by atoms with Crippen LogP contribution in [0.5, 0.6) is 0 Å². The van der Waals surface area contributed by atoms with E-state index in [9.17, 15) is 9.46 Å². The average molecular weight is 366 g/mol. The van der Waals surface area contributed by atoms with E-state index in [2.05, 4.69) is 36.4 Å². The maximum atomic E-state index is 11.4. The van der Waals surface area contributed by atoms with E-state index in [-0.39, 0.29) is 0 Å². The summed E-state index contributed by atoms with van der Waals surface area (Å²) in [5.41, 5.74) is -0.471. The summed E-state index contributed by atoms with van der Waals surface area (Å²) >= 11 is 0. The third-order valence-corrected chi connectivity index (χ3v) is 10.3. The van der Waals surface area contributed by atoms with Crippen molar-refractivity contribution in [1.82, 2.24) is 0 Å². The lowest BCUT2D eigenvalue weighted by atomic mass is 10.3. The number of hydrogen-bond donors (Lipinski definition) is 0. The first kappa shape index (κ1) is 17.7. The van der Waals surface area contributed by atoms with Crippen molar-refractivity contribution in [2.75, 3.05) is 0 Å². The summed E-state index contributed by atoms with van der Waals surface area (Å²) in [4.78, 5) is 11.4. The first-order valence-electron chi connectivity index (χ1n) is 8.13. The van der Waals surface area contributed by atoms with Gasteiger partial charge in [-0.2, -0.15) is 0 Å². The molecule has 0 aliphatic carbocycles. The van der Waals surface area contributed by atoms with E-state index in [1.54, 1.807) is 0 Å². The molecule has 0 spiro atoms. The normalized spacial score (nSPS) is 13.3. The molecule has 126 valence electrons. The highest BCUT2D eigenvalue weighted by Crippen LogP contribution is 2.22. The zero-order chi connectivity index (χ0) is 17.7. The van der Waals surface area contributed by atoms with Gasteiger partial charge in [-0.25, -0.2) is 0 Å². The van der Waals surface area contributed by atoms with Gasteiger partial charge in [-0.15, -0.1) is 4.52 Å². The van der Waals surface area contributed by atoms with Crippen LogP contribution in [-0.2, 0) is 9.09 Å². The molecular weight excluding hydrogens is 347 g/mol. The third-order valence-electron chi connectivity index (χ3n) is 4.54. The van der Waals surface area contributed by atoms with Crippen molar-refractivity contribution < 1.29 is 14.0 Å². The van der Waals surface area contributed by atoms with E-state index >= 15 is 0 Å². The second-order valence-electron chi connectivity index (χ2n) is 5.88. The van der Waals surface area contributed by atoms with E-state index in [0.717, 1.165) is 15.6 Å². The highest BCUT2D eigenvalue weighted by Gasteiger charge is 2.47. The first-order valence-corrected chi connectivity index (χ1v) is 11.3. The van der Waals surface area contributed by atoms with Gasteiger partial charge in [0.15, 0.2) is 8.07 Å². The minimum absolute atomic E-state index is 0.471. The van der Waals surface area contributed by atoms with Gasteiger partial charge >= 0.3 is 8.25 Å². The molecule has 0 radical (unpaired) electrons. The van der Waals surface area contributed by atoms with Gasteiger partial charge in [0, 0.05) is 0 Å². The molecular formula is C20H19O3PSi. The molecule has 2 atom stereocenters. The molecule has 0 saturated heterocycles. The molecule has 5 heteroatoms. The van der Waals surface area contributed by atoms with E-state index in [4.69, 9.17) is 4.52 Å². The Kier molecular flexibility index (Phi) is 5.56. The molecule has 3 aromatic rings. The third kappa shape index (κ3) is 3.48. The summed E-state index contributed by atoms with van der Waals surface area (Å²) < 4.78 is 16.8. The smallest absolute Gasteiger partial charge is 0.488 e. The summed E-state index contributed by atoms with van der Waals surface area (Å²) in [5.74, 6) is 0. The maximum Gasteiger partial charge on any atom is 0.488 e. The van der Waals surface area contributed by atoms with Crippen molar-refractivity contribution in [3.63, 3.8) is 0 Å². The highest BCUT2D eigenvalue weighted by molar-refractivity contribution is 7.31. The molecule has 0 aromatic heterocycles. The van der Waals surface area contributed by atoms with Crippen molar-refractivity contribution >= 4 is 31.9 Å². The molecule has 25 heavy (non-hydrogen) atoms. The lowest BCUT2D eigenvalue weighted by Crippen LogP contribution is -2.73. The molecule has 0 N–H and O–H groups in total. The molecule has 0 fully saturated rings. The second-order valence-corrected chi connectivity index (χ2v) is 10.7. The predicted molar refractivity (Wildman–Crippen MR) is 102 cm³/mol. The second kappa shape index (κ2) is 7.85. The Morgan fingerprint density at radius 1 is 0.760 bits per heavy atom. The minimum Gasteiger partial charge on any atom is -0.566 e. The predicted octanol–water partition coefficient (Wildman–Crippen LogP) is 2.12. The average Bonchev–Trinajstić information content (AvgIpc) is 2.64. The van der Waals surface area contributed by atoms with Crippen LogP contribution in [0.25, 0.3) is 0 Å². The molecule has 3 rings (SSSR count). The topological polar surface area (TPSA) is 49.4 Å². The fourth-order valence-corrected chi connectivity index (χ4v) is 9.23. The number of rotatable bonds is 6. The Balaban J connectivity index is 2.33. The Labute approximate surface area is 149 Å². The lowest BCUT2D eigenvalue weighted by molar-refractivity contribution is -0.186. The van der Waals surface area contributed by atoms with Crippen LogP contribution in [-0.4, -0.2) is 13.8 Å². The number of benzene rings is 3. The molecule has 0 heterocycles. The van der Waals surface area contributed by atoms with Gasteiger partial charge in [0.2, 0.25) is 0 Å². The fraction of sp³-hybridized carbons (Fsp3) is 0.100. The summed E-state index contributed by atoms with van der Waals surface area (Å²) in [6.45, 7) is 1.87. The van der Waals surface area contributed by atoms with Crippen molar-refractivity contribution in [3.05, 3.63) is 91.0 Å². The standard InChI is InChI=1S/C20H19O3PSi/c1-17(23-24(21)22)25(18-11-5-2-6-12-18,19-13-7-3-8-14-19)20-15-9-4-10-16-20/h2-17H,1H3. The van der Waals surface area contributed by atoms with Gasteiger partial charge in [0.1, 0.15) is 5.73 Å². The highest BCUT2D eigenvalue weighted by atomic mass is 31.1. The molecule has 0 aliphatic heterocycles. The quantitative estimate of drug-likeness (QED) is 0.381. The van der Waals surface area contributed by atoms with Gasteiger partial charge in [0.25, 0.3) is 0 Å². The summed E-state index contributed by atoms with van der Waals surface area (Å²) in [6.07, 6.45) is 0. The van der Waals surface area contributed by atoms with Gasteiger partial charge in [-0.3, -0.25) is 0 Å². The Morgan fingerprint density at radius 3 is 1.36 bits per heavy atom. The van der Waals surface area contributed by atoms with Crippen molar-refractivity contribution in [2.45, 2.75) is 12.7 Å². The first-order chi connectivity index (χ1) is 12.2. The monoisotopic (exact) mass is 366 g/mol. The molecule has 0 aliphatic rings. The van der Waals surface area contributed by atoms with E-state index in [0.29, 0.717) is 0 Å². The molecule has 3 nitrogen and oxygen atoms in total. The van der Waals surface area contributed by atoms with Gasteiger partial charge in [-0.05, 0) is 27.0 Å². The zero-order valence-corrected chi connectivity index (χ0v) is 15.8. The number of hydrogen-bond acceptors (Lipinski definition) is 3. The molecule has 3 aromatic carbocycles. The van der Waals surface area contributed by atoms with Crippen LogP contribution in [0.2, 0.25) is 0 Å². The largest absolute Gasteiger partial charge is 0.566 e. The van der Waals surface area contributed by atoms with Crippen molar-refractivity contribution in [1.29, 1.82) is 0 Å². The Bertz CT molecular complexity index is 729. The Hall–Kier alpha value is -2.10. The van der Waals surface area contributed by atoms with Crippen LogP contribution < -0.4 is 20.5 Å². The lowest BCUT2D eigenvalue weighted by Gasteiger charge is -2.36. The summed E-state index contributed by atoms with van der Waals surface area (Å²) in [6, 6.07) is 30.3. The Morgan fingerprint density at radius 2 is 1.08 bits per heavy atom. The van der Waals surface area contributed by atoms with Gasteiger partial charge in [-0.1, -0.05) is 91.0 Å². The van der Waals surface area contributed by atoms with Crippen molar-refractivity contribution in [3.8, 4) is 0 Å². The minimum atomic E-state index is -2.94. The van der Waals surface area contributed by atoms with Crippen molar-refractivity contribution in [2.24, 2.45) is 0 Å². The van der Waals surface area contributed by atoms with Crippen LogP contribution >= 0.6 is 8.25 Å². The van der Waals surface area contributed by atoms with E-state index in [1.165, 1.54) is 0 Å². The molecule has 0 amide bonds. The molecule has 0 bridgehead atoms. The fourth-order valence-electron chi connectivity index (χ4n) is 3.52. The summed E-state index contributed by atoms with van der Waals surface area (Å²) in [5, 5.41) is 3.37. The van der Waals surface area contributed by atoms with E-state index in [1.807, 2.05) is 61.5 Å². The SMILES string of the molecule is CC(O[P+](=O)[O-])[Si](c1ccccc1)(c1ccccc1)c1ccccc1. The van der Waals surface area contributed by atoms with E-state index < -0.39 is 22.1 Å². The van der Waals surface area contributed by atoms with Gasteiger partial charge in [0.05, 0.1) is 0 Å². The van der Waals surface area contributed by atoms with Crippen LogP contribution in [0.4, 0.5) is 0 Å². The maximum absolute atomic E-state index is 11.4. The van der Waals surface area contributed by atoms with Gasteiger partial charge < -0.3 is 4.89 Å². The van der Waals surface area contributed by atoms with Crippen LogP contribution in [0.15, 0.2) is 91.0 Å². The zero-order valence-electron chi connectivity index (χ0n) is 13.9.